The maximum Gasteiger partial charge on any atom is 0.269 e. The third-order valence-corrected chi connectivity index (χ3v) is 5.35. The summed E-state index contributed by atoms with van der Waals surface area (Å²) in [5.74, 6) is 0.162. The highest BCUT2D eigenvalue weighted by molar-refractivity contribution is 9.11. The first-order chi connectivity index (χ1) is 14.4. The van der Waals surface area contributed by atoms with Crippen molar-refractivity contribution in [2.24, 2.45) is 0 Å². The van der Waals surface area contributed by atoms with Crippen molar-refractivity contribution in [2.45, 2.75) is 6.61 Å². The van der Waals surface area contributed by atoms with Crippen LogP contribution in [-0.2, 0) is 6.61 Å². The van der Waals surface area contributed by atoms with E-state index >= 15 is 0 Å². The van der Waals surface area contributed by atoms with E-state index in [1.165, 1.54) is 30.3 Å². The number of nitro groups is 1. The van der Waals surface area contributed by atoms with Crippen LogP contribution in [-0.4, -0.2) is 4.92 Å². The van der Waals surface area contributed by atoms with Gasteiger partial charge in [0, 0.05) is 17.7 Å². The molecule has 0 atom stereocenters. The van der Waals surface area contributed by atoms with Crippen molar-refractivity contribution in [3.05, 3.63) is 102 Å². The van der Waals surface area contributed by atoms with Gasteiger partial charge in [-0.2, -0.15) is 5.26 Å². The molecule has 0 aliphatic carbocycles. The predicted molar refractivity (Wildman–Crippen MR) is 119 cm³/mol. The number of rotatable bonds is 6. The Balaban J connectivity index is 1.85. The van der Waals surface area contributed by atoms with Crippen LogP contribution in [0.3, 0.4) is 0 Å². The Morgan fingerprint density at radius 2 is 1.77 bits per heavy atom. The average Bonchev–Trinajstić information content (AvgIpc) is 2.72. The Bertz CT molecular complexity index is 1150. The van der Waals surface area contributed by atoms with Crippen LogP contribution in [0.5, 0.6) is 5.75 Å². The molecular weight excluding hydrogens is 519 g/mol. The van der Waals surface area contributed by atoms with Gasteiger partial charge < -0.3 is 4.74 Å². The fourth-order valence-electron chi connectivity index (χ4n) is 2.68. The highest BCUT2D eigenvalue weighted by Gasteiger charge is 2.12. The fourth-order valence-corrected chi connectivity index (χ4v) is 4.13. The van der Waals surface area contributed by atoms with E-state index < -0.39 is 4.92 Å². The molecular formula is C22H13Br2FN2O3. The highest BCUT2D eigenvalue weighted by Crippen LogP contribution is 2.36. The first kappa shape index (κ1) is 21.7. The number of nitrogens with zero attached hydrogens (tertiary/aromatic N) is 2. The van der Waals surface area contributed by atoms with Gasteiger partial charge in [0.05, 0.1) is 25.5 Å². The van der Waals surface area contributed by atoms with Gasteiger partial charge in [-0.05, 0) is 79.4 Å². The van der Waals surface area contributed by atoms with Crippen molar-refractivity contribution in [1.82, 2.24) is 0 Å². The van der Waals surface area contributed by atoms with Gasteiger partial charge in [-0.25, -0.2) is 4.39 Å². The van der Waals surface area contributed by atoms with Gasteiger partial charge in [0.15, 0.2) is 0 Å². The lowest BCUT2D eigenvalue weighted by atomic mass is 10.0. The van der Waals surface area contributed by atoms with Crippen LogP contribution >= 0.6 is 31.9 Å². The maximum atomic E-state index is 13.8. The van der Waals surface area contributed by atoms with E-state index in [0.29, 0.717) is 37.0 Å². The maximum absolute atomic E-state index is 13.8. The number of allylic oxidation sites excluding steroid dienone is 1. The van der Waals surface area contributed by atoms with Crippen molar-refractivity contribution in [1.29, 1.82) is 5.26 Å². The van der Waals surface area contributed by atoms with Gasteiger partial charge in [0.1, 0.15) is 18.2 Å². The molecule has 0 fully saturated rings. The summed E-state index contributed by atoms with van der Waals surface area (Å²) in [6, 6.07) is 17.8. The molecule has 0 N–H and O–H groups in total. The van der Waals surface area contributed by atoms with Crippen molar-refractivity contribution in [3.63, 3.8) is 0 Å². The Labute approximate surface area is 188 Å². The number of benzene rings is 3. The Morgan fingerprint density at radius 1 is 1.13 bits per heavy atom. The van der Waals surface area contributed by atoms with Crippen LogP contribution in [0, 0.1) is 27.3 Å². The number of hydrogen-bond acceptors (Lipinski definition) is 4. The summed E-state index contributed by atoms with van der Waals surface area (Å²) in [5, 5.41) is 20.3. The Morgan fingerprint density at radius 3 is 2.33 bits per heavy atom. The second-order valence-corrected chi connectivity index (χ2v) is 7.88. The van der Waals surface area contributed by atoms with Crippen LogP contribution in [0.4, 0.5) is 10.1 Å². The van der Waals surface area contributed by atoms with Gasteiger partial charge in [-0.1, -0.05) is 18.2 Å². The lowest BCUT2D eigenvalue weighted by Crippen LogP contribution is -1.99. The number of hydrogen-bond donors (Lipinski definition) is 0. The molecule has 0 saturated heterocycles. The largest absolute Gasteiger partial charge is 0.486 e. The molecule has 0 aliphatic rings. The smallest absolute Gasteiger partial charge is 0.269 e. The molecule has 3 aromatic rings. The summed E-state index contributed by atoms with van der Waals surface area (Å²) in [7, 11) is 0. The number of nitro benzene ring substituents is 1. The zero-order chi connectivity index (χ0) is 21.7. The second-order valence-electron chi connectivity index (χ2n) is 6.17. The SMILES string of the molecule is N#C/C(=C\c1cc(Br)c(OCc2ccccc2F)c(Br)c1)c1ccc([N+](=O)[O-])cc1. The molecule has 0 amide bonds. The minimum Gasteiger partial charge on any atom is -0.486 e. The normalized spacial score (nSPS) is 11.1. The van der Waals surface area contributed by atoms with Gasteiger partial charge in [0.25, 0.3) is 5.69 Å². The van der Waals surface area contributed by atoms with E-state index in [4.69, 9.17) is 4.74 Å². The van der Waals surface area contributed by atoms with Crippen molar-refractivity contribution in [3.8, 4) is 11.8 Å². The molecule has 3 rings (SSSR count). The van der Waals surface area contributed by atoms with Gasteiger partial charge in [-0.15, -0.1) is 0 Å². The summed E-state index contributed by atoms with van der Waals surface area (Å²) in [6.45, 7) is 0.0608. The molecule has 0 saturated carbocycles. The number of halogens is 3. The molecule has 3 aromatic carbocycles. The average molecular weight is 532 g/mol. The Kier molecular flexibility index (Phi) is 6.98. The summed E-state index contributed by atoms with van der Waals surface area (Å²) < 4.78 is 20.8. The van der Waals surface area contributed by atoms with E-state index in [-0.39, 0.29) is 18.1 Å². The van der Waals surface area contributed by atoms with E-state index in [9.17, 15) is 19.8 Å². The van der Waals surface area contributed by atoms with Crippen LogP contribution in [0.25, 0.3) is 11.6 Å². The molecule has 0 radical (unpaired) electrons. The molecule has 0 spiro atoms. The third-order valence-electron chi connectivity index (χ3n) is 4.17. The summed E-state index contributed by atoms with van der Waals surface area (Å²) in [4.78, 5) is 10.3. The van der Waals surface area contributed by atoms with Crippen molar-refractivity contribution >= 4 is 49.2 Å². The van der Waals surface area contributed by atoms with Crippen LogP contribution in [0.1, 0.15) is 16.7 Å². The lowest BCUT2D eigenvalue weighted by molar-refractivity contribution is -0.384. The molecule has 0 aromatic heterocycles. The van der Waals surface area contributed by atoms with Crippen molar-refractivity contribution < 1.29 is 14.1 Å². The molecule has 0 unspecified atom stereocenters. The summed E-state index contributed by atoms with van der Waals surface area (Å²) in [5.41, 5.74) is 2.02. The molecule has 0 heterocycles. The van der Waals surface area contributed by atoms with E-state index in [1.54, 1.807) is 36.4 Å². The topological polar surface area (TPSA) is 76.2 Å². The molecule has 0 aliphatic heterocycles. The summed E-state index contributed by atoms with van der Waals surface area (Å²) >= 11 is 6.90. The van der Waals surface area contributed by atoms with Gasteiger partial charge in [0.2, 0.25) is 0 Å². The Hall–Kier alpha value is -3.02. The quantitative estimate of drug-likeness (QED) is 0.150. The predicted octanol–water partition coefficient (Wildman–Crippen LogP) is 6.90. The van der Waals surface area contributed by atoms with E-state index in [0.717, 1.165) is 0 Å². The minimum absolute atomic E-state index is 0.0436. The fraction of sp³-hybridized carbons (Fsp3) is 0.0455. The van der Waals surface area contributed by atoms with Crippen LogP contribution in [0.2, 0.25) is 0 Å². The molecule has 0 bridgehead atoms. The zero-order valence-electron chi connectivity index (χ0n) is 15.3. The van der Waals surface area contributed by atoms with Gasteiger partial charge >= 0.3 is 0 Å². The lowest BCUT2D eigenvalue weighted by Gasteiger charge is -2.12. The number of non-ortho nitro benzene ring substituents is 1. The van der Waals surface area contributed by atoms with Gasteiger partial charge in [-0.3, -0.25) is 10.1 Å². The molecule has 30 heavy (non-hydrogen) atoms. The first-order valence-electron chi connectivity index (χ1n) is 8.61. The third kappa shape index (κ3) is 5.12. The monoisotopic (exact) mass is 530 g/mol. The molecule has 150 valence electrons. The van der Waals surface area contributed by atoms with E-state index in [2.05, 4.69) is 37.9 Å². The van der Waals surface area contributed by atoms with Crippen molar-refractivity contribution in [2.75, 3.05) is 0 Å². The van der Waals surface area contributed by atoms with Crippen LogP contribution < -0.4 is 4.74 Å². The number of ether oxygens (including phenoxy) is 1. The summed E-state index contributed by atoms with van der Waals surface area (Å²) in [6.07, 6.45) is 1.66. The van der Waals surface area contributed by atoms with E-state index in [1.807, 2.05) is 0 Å². The van der Waals surface area contributed by atoms with Crippen LogP contribution in [0.15, 0.2) is 69.6 Å². The highest BCUT2D eigenvalue weighted by atomic mass is 79.9. The standard InChI is InChI=1S/C22H13Br2FN2O3/c23-19-10-14(9-17(12-26)15-5-7-18(8-6-15)27(28)29)11-20(24)22(19)30-13-16-3-1-2-4-21(16)25/h1-11H,13H2/b17-9+. The minimum atomic E-state index is -0.492. The first-order valence-corrected chi connectivity index (χ1v) is 10.2. The number of nitriles is 1. The molecule has 5 nitrogen and oxygen atoms in total. The second kappa shape index (κ2) is 9.65. The molecule has 8 heteroatoms. The zero-order valence-corrected chi connectivity index (χ0v) is 18.5.